The van der Waals surface area contributed by atoms with Crippen LogP contribution in [0.5, 0.6) is 0 Å². The van der Waals surface area contributed by atoms with Gasteiger partial charge in [-0.05, 0) is 18.1 Å². The first-order chi connectivity index (χ1) is 7.84. The number of carboxylic acid groups (broad SMARTS) is 1. The van der Waals surface area contributed by atoms with Crippen LogP contribution in [-0.2, 0) is 14.8 Å². The van der Waals surface area contributed by atoms with E-state index in [9.17, 15) is 13.2 Å². The first kappa shape index (κ1) is 13.6. The fourth-order valence-corrected chi connectivity index (χ4v) is 2.51. The predicted molar refractivity (Wildman–Crippen MR) is 60.8 cm³/mol. The monoisotopic (exact) mass is 258 g/mol. The topological polar surface area (TPSA) is 96.4 Å². The quantitative estimate of drug-likeness (QED) is 0.800. The van der Waals surface area contributed by atoms with Crippen molar-refractivity contribution < 1.29 is 18.3 Å². The zero-order valence-electron chi connectivity index (χ0n) is 9.49. The van der Waals surface area contributed by atoms with Crippen LogP contribution in [0.15, 0.2) is 29.4 Å². The number of hydrogen-bond acceptors (Lipinski definition) is 4. The number of carboxylic acids is 1. The molecule has 1 atom stereocenters. The molecule has 0 unspecified atom stereocenters. The molecule has 1 rings (SSSR count). The summed E-state index contributed by atoms with van der Waals surface area (Å²) in [6.07, 6.45) is 2.61. The van der Waals surface area contributed by atoms with Crippen LogP contribution in [0.4, 0.5) is 0 Å². The largest absolute Gasteiger partial charge is 0.480 e. The highest BCUT2D eigenvalue weighted by atomic mass is 32.2. The van der Waals surface area contributed by atoms with Gasteiger partial charge < -0.3 is 5.11 Å². The minimum Gasteiger partial charge on any atom is -0.480 e. The normalized spacial score (nSPS) is 13.6. The zero-order chi connectivity index (χ0) is 13.1. The molecule has 0 spiro atoms. The Bertz CT molecular complexity index is 484. The van der Waals surface area contributed by atoms with E-state index in [1.165, 1.54) is 24.5 Å². The maximum atomic E-state index is 11.8. The SMILES string of the molecule is CC(C)[C@H](NS(=O)(=O)c1cccnc1)C(=O)O. The first-order valence-corrected chi connectivity index (χ1v) is 6.48. The number of nitrogens with zero attached hydrogens (tertiary/aromatic N) is 1. The predicted octanol–water partition coefficient (Wildman–Crippen LogP) is 0.469. The van der Waals surface area contributed by atoms with E-state index in [1.54, 1.807) is 13.8 Å². The van der Waals surface area contributed by atoms with E-state index in [4.69, 9.17) is 5.11 Å². The van der Waals surface area contributed by atoms with Crippen molar-refractivity contribution >= 4 is 16.0 Å². The van der Waals surface area contributed by atoms with Crippen molar-refractivity contribution in [2.24, 2.45) is 5.92 Å². The van der Waals surface area contributed by atoms with Gasteiger partial charge in [0.1, 0.15) is 10.9 Å². The van der Waals surface area contributed by atoms with E-state index in [-0.39, 0.29) is 10.8 Å². The zero-order valence-corrected chi connectivity index (χ0v) is 10.3. The van der Waals surface area contributed by atoms with Crippen LogP contribution in [0.2, 0.25) is 0 Å². The Kier molecular flexibility index (Phi) is 4.19. The van der Waals surface area contributed by atoms with Gasteiger partial charge in [-0.1, -0.05) is 13.8 Å². The third-order valence-electron chi connectivity index (χ3n) is 2.16. The van der Waals surface area contributed by atoms with Gasteiger partial charge in [-0.15, -0.1) is 0 Å². The van der Waals surface area contributed by atoms with Gasteiger partial charge in [-0.25, -0.2) is 8.42 Å². The van der Waals surface area contributed by atoms with Gasteiger partial charge in [0, 0.05) is 12.4 Å². The van der Waals surface area contributed by atoms with E-state index in [1.807, 2.05) is 0 Å². The minimum atomic E-state index is -3.84. The van der Waals surface area contributed by atoms with Crippen LogP contribution in [0.25, 0.3) is 0 Å². The van der Waals surface area contributed by atoms with Crippen molar-refractivity contribution in [3.05, 3.63) is 24.5 Å². The summed E-state index contributed by atoms with van der Waals surface area (Å²) in [5, 5.41) is 8.91. The van der Waals surface area contributed by atoms with E-state index in [2.05, 4.69) is 9.71 Å². The molecule has 0 saturated carbocycles. The van der Waals surface area contributed by atoms with Gasteiger partial charge in [0.2, 0.25) is 10.0 Å². The van der Waals surface area contributed by atoms with Crippen molar-refractivity contribution in [3.8, 4) is 0 Å². The Balaban J connectivity index is 2.97. The molecule has 2 N–H and O–H groups in total. The Morgan fingerprint density at radius 2 is 2.12 bits per heavy atom. The lowest BCUT2D eigenvalue weighted by Crippen LogP contribution is -2.44. The highest BCUT2D eigenvalue weighted by Gasteiger charge is 2.27. The van der Waals surface area contributed by atoms with Crippen LogP contribution >= 0.6 is 0 Å². The molecule has 0 aliphatic heterocycles. The molecule has 17 heavy (non-hydrogen) atoms. The van der Waals surface area contributed by atoms with E-state index >= 15 is 0 Å². The average molecular weight is 258 g/mol. The Hall–Kier alpha value is -1.47. The van der Waals surface area contributed by atoms with Gasteiger partial charge in [0.05, 0.1) is 0 Å². The molecule has 6 nitrogen and oxygen atoms in total. The molecule has 7 heteroatoms. The number of carbonyl (C=O) groups is 1. The molecule has 94 valence electrons. The molecule has 0 aliphatic carbocycles. The van der Waals surface area contributed by atoms with Gasteiger partial charge in [0.15, 0.2) is 0 Å². The van der Waals surface area contributed by atoms with Crippen LogP contribution in [-0.4, -0.2) is 30.5 Å². The molecule has 1 aromatic rings. The summed E-state index contributed by atoms with van der Waals surface area (Å²) in [4.78, 5) is 14.5. The van der Waals surface area contributed by atoms with Crippen LogP contribution < -0.4 is 4.72 Å². The molecular weight excluding hydrogens is 244 g/mol. The second-order valence-electron chi connectivity index (χ2n) is 3.87. The number of hydrogen-bond donors (Lipinski definition) is 2. The molecule has 0 bridgehead atoms. The summed E-state index contributed by atoms with van der Waals surface area (Å²) in [5.74, 6) is -1.55. The lowest BCUT2D eigenvalue weighted by molar-refractivity contribution is -0.140. The minimum absolute atomic E-state index is 0.0492. The summed E-state index contributed by atoms with van der Waals surface area (Å²) >= 11 is 0. The molecule has 0 amide bonds. The average Bonchev–Trinajstić information content (AvgIpc) is 2.26. The molecule has 1 aromatic heterocycles. The molecular formula is C10H14N2O4S. The Labute approximate surface area is 99.7 Å². The summed E-state index contributed by atoms with van der Waals surface area (Å²) in [7, 11) is -3.84. The molecule has 0 radical (unpaired) electrons. The highest BCUT2D eigenvalue weighted by Crippen LogP contribution is 2.10. The van der Waals surface area contributed by atoms with Crippen molar-refractivity contribution in [1.29, 1.82) is 0 Å². The van der Waals surface area contributed by atoms with E-state index in [0.29, 0.717) is 0 Å². The van der Waals surface area contributed by atoms with Crippen LogP contribution in [0.1, 0.15) is 13.8 Å². The fourth-order valence-electron chi connectivity index (χ4n) is 1.21. The smallest absolute Gasteiger partial charge is 0.322 e. The second-order valence-corrected chi connectivity index (χ2v) is 5.58. The van der Waals surface area contributed by atoms with Gasteiger partial charge in [-0.3, -0.25) is 9.78 Å². The summed E-state index contributed by atoms with van der Waals surface area (Å²) in [5.41, 5.74) is 0. The van der Waals surface area contributed by atoms with Crippen molar-refractivity contribution in [3.63, 3.8) is 0 Å². The number of aliphatic carboxylic acids is 1. The molecule has 0 saturated heterocycles. The molecule has 0 aromatic carbocycles. The van der Waals surface area contributed by atoms with Gasteiger partial charge in [-0.2, -0.15) is 4.72 Å². The highest BCUT2D eigenvalue weighted by molar-refractivity contribution is 7.89. The number of nitrogens with one attached hydrogen (secondary N) is 1. The van der Waals surface area contributed by atoms with E-state index < -0.39 is 22.0 Å². The third kappa shape index (κ3) is 3.50. The van der Waals surface area contributed by atoms with Gasteiger partial charge in [0.25, 0.3) is 0 Å². The molecule has 1 heterocycles. The Morgan fingerprint density at radius 1 is 1.47 bits per heavy atom. The number of aromatic nitrogens is 1. The first-order valence-electron chi connectivity index (χ1n) is 5.00. The summed E-state index contributed by atoms with van der Waals surface area (Å²) in [6.45, 7) is 3.26. The van der Waals surface area contributed by atoms with Gasteiger partial charge >= 0.3 is 5.97 Å². The number of pyridine rings is 1. The van der Waals surface area contributed by atoms with Crippen LogP contribution in [0, 0.1) is 5.92 Å². The Morgan fingerprint density at radius 3 is 2.53 bits per heavy atom. The van der Waals surface area contributed by atoms with Crippen molar-refractivity contribution in [2.75, 3.05) is 0 Å². The number of rotatable bonds is 5. The molecule has 0 aliphatic rings. The maximum Gasteiger partial charge on any atom is 0.322 e. The lowest BCUT2D eigenvalue weighted by atomic mass is 10.1. The second kappa shape index (κ2) is 5.24. The maximum absolute atomic E-state index is 11.8. The third-order valence-corrected chi connectivity index (χ3v) is 3.59. The van der Waals surface area contributed by atoms with Crippen molar-refractivity contribution in [2.45, 2.75) is 24.8 Å². The van der Waals surface area contributed by atoms with Crippen molar-refractivity contribution in [1.82, 2.24) is 9.71 Å². The summed E-state index contributed by atoms with van der Waals surface area (Å²) in [6, 6.07) is 1.68. The standard InChI is InChI=1S/C10H14N2O4S/c1-7(2)9(10(13)14)12-17(15,16)8-4-3-5-11-6-8/h3-7,9,12H,1-2H3,(H,13,14)/t9-/m0/s1. The number of sulfonamides is 1. The van der Waals surface area contributed by atoms with Crippen LogP contribution in [0.3, 0.4) is 0 Å². The molecule has 0 fully saturated rings. The summed E-state index contributed by atoms with van der Waals surface area (Å²) < 4.78 is 25.8. The fraction of sp³-hybridized carbons (Fsp3) is 0.400. The van der Waals surface area contributed by atoms with E-state index in [0.717, 1.165) is 0 Å². The lowest BCUT2D eigenvalue weighted by Gasteiger charge is -2.17.